The van der Waals surface area contributed by atoms with Crippen molar-refractivity contribution in [3.63, 3.8) is 0 Å². The fourth-order valence-corrected chi connectivity index (χ4v) is 1.94. The van der Waals surface area contributed by atoms with Crippen LogP contribution in [0, 0.1) is 0 Å². The first-order chi connectivity index (χ1) is 9.36. The molecule has 2 aromatic rings. The fourth-order valence-electron chi connectivity index (χ4n) is 1.94. The fraction of sp³-hybridized carbons (Fsp3) is 0.375. The lowest BCUT2D eigenvalue weighted by molar-refractivity contribution is 0.0697. The number of carboxylic acid groups (broad SMARTS) is 1. The molecule has 1 aromatic heterocycles. The van der Waals surface area contributed by atoms with E-state index in [1.807, 2.05) is 18.5 Å². The molecule has 0 bridgehead atoms. The third kappa shape index (κ3) is 3.47. The number of rotatable bonds is 4. The molecule has 4 heteroatoms. The molecule has 0 fully saturated rings. The summed E-state index contributed by atoms with van der Waals surface area (Å²) >= 11 is 0. The standard InChI is InChI=1S/C16H20N2O2/c1-16(2,3)14-10-18(11-17-14)9-8-12-4-6-13(7-5-12)15(19)20/h4-7,10-11H,8-9H2,1-3H3,(H,19,20). The molecular weight excluding hydrogens is 252 g/mol. The van der Waals surface area contributed by atoms with E-state index in [0.29, 0.717) is 5.56 Å². The first-order valence-corrected chi connectivity index (χ1v) is 6.71. The lowest BCUT2D eigenvalue weighted by Crippen LogP contribution is -2.11. The summed E-state index contributed by atoms with van der Waals surface area (Å²) in [5.74, 6) is -0.888. The van der Waals surface area contributed by atoms with Gasteiger partial charge < -0.3 is 9.67 Å². The maximum atomic E-state index is 10.8. The van der Waals surface area contributed by atoms with Gasteiger partial charge >= 0.3 is 5.97 Å². The van der Waals surface area contributed by atoms with E-state index < -0.39 is 5.97 Å². The van der Waals surface area contributed by atoms with Gasteiger partial charge in [-0.1, -0.05) is 32.9 Å². The maximum absolute atomic E-state index is 10.8. The first-order valence-electron chi connectivity index (χ1n) is 6.71. The van der Waals surface area contributed by atoms with E-state index in [1.54, 1.807) is 12.1 Å². The lowest BCUT2D eigenvalue weighted by atomic mass is 9.93. The number of imidazole rings is 1. The summed E-state index contributed by atoms with van der Waals surface area (Å²) in [6.45, 7) is 7.27. The first kappa shape index (κ1) is 14.3. The molecule has 0 aliphatic rings. The zero-order chi connectivity index (χ0) is 14.8. The van der Waals surface area contributed by atoms with E-state index in [4.69, 9.17) is 5.11 Å². The number of carbonyl (C=O) groups is 1. The molecule has 0 radical (unpaired) electrons. The highest BCUT2D eigenvalue weighted by molar-refractivity contribution is 5.87. The number of aryl methyl sites for hydroxylation is 2. The van der Waals surface area contributed by atoms with Gasteiger partial charge in [-0.05, 0) is 24.1 Å². The molecule has 0 amide bonds. The van der Waals surface area contributed by atoms with Gasteiger partial charge in [-0.15, -0.1) is 0 Å². The third-order valence-electron chi connectivity index (χ3n) is 3.26. The number of aromatic nitrogens is 2. The van der Waals surface area contributed by atoms with Crippen LogP contribution in [-0.4, -0.2) is 20.6 Å². The highest BCUT2D eigenvalue weighted by Crippen LogP contribution is 2.19. The van der Waals surface area contributed by atoms with E-state index in [0.717, 1.165) is 24.2 Å². The summed E-state index contributed by atoms with van der Waals surface area (Å²) in [4.78, 5) is 15.2. The van der Waals surface area contributed by atoms with Gasteiger partial charge in [-0.2, -0.15) is 0 Å². The summed E-state index contributed by atoms with van der Waals surface area (Å²) in [6, 6.07) is 7.02. The van der Waals surface area contributed by atoms with Gasteiger partial charge in [0.15, 0.2) is 0 Å². The van der Waals surface area contributed by atoms with Crippen molar-refractivity contribution in [1.29, 1.82) is 0 Å². The van der Waals surface area contributed by atoms with Crippen LogP contribution >= 0.6 is 0 Å². The van der Waals surface area contributed by atoms with Crippen LogP contribution < -0.4 is 0 Å². The summed E-state index contributed by atoms with van der Waals surface area (Å²) < 4.78 is 2.08. The maximum Gasteiger partial charge on any atom is 0.335 e. The van der Waals surface area contributed by atoms with E-state index in [9.17, 15) is 4.79 Å². The second-order valence-corrected chi connectivity index (χ2v) is 6.00. The van der Waals surface area contributed by atoms with Crippen LogP contribution in [0.2, 0.25) is 0 Å². The quantitative estimate of drug-likeness (QED) is 0.930. The Hall–Kier alpha value is -2.10. The van der Waals surface area contributed by atoms with Crippen LogP contribution in [0.4, 0.5) is 0 Å². The minimum atomic E-state index is -0.888. The number of hydrogen-bond donors (Lipinski definition) is 1. The van der Waals surface area contributed by atoms with Gasteiger partial charge in [0.1, 0.15) is 0 Å². The molecule has 1 N–H and O–H groups in total. The monoisotopic (exact) mass is 272 g/mol. The van der Waals surface area contributed by atoms with Gasteiger partial charge in [0.2, 0.25) is 0 Å². The predicted octanol–water partition coefficient (Wildman–Crippen LogP) is 3.12. The molecular formula is C16H20N2O2. The van der Waals surface area contributed by atoms with Crippen LogP contribution in [0.1, 0.15) is 42.4 Å². The number of carboxylic acids is 1. The summed E-state index contributed by atoms with van der Waals surface area (Å²) in [5, 5.41) is 8.85. The van der Waals surface area contributed by atoms with Crippen molar-refractivity contribution in [3.05, 3.63) is 53.6 Å². The molecule has 0 unspecified atom stereocenters. The van der Waals surface area contributed by atoms with E-state index in [2.05, 4.69) is 36.5 Å². The molecule has 20 heavy (non-hydrogen) atoms. The Morgan fingerprint density at radius 1 is 1.25 bits per heavy atom. The number of aromatic carboxylic acids is 1. The Bertz CT molecular complexity index is 592. The Balaban J connectivity index is 1.98. The van der Waals surface area contributed by atoms with Crippen molar-refractivity contribution in [3.8, 4) is 0 Å². The Morgan fingerprint density at radius 2 is 1.90 bits per heavy atom. The van der Waals surface area contributed by atoms with Gasteiger partial charge in [-0.25, -0.2) is 9.78 Å². The topological polar surface area (TPSA) is 55.1 Å². The van der Waals surface area contributed by atoms with Crippen molar-refractivity contribution in [1.82, 2.24) is 9.55 Å². The number of hydrogen-bond acceptors (Lipinski definition) is 2. The molecule has 1 heterocycles. The van der Waals surface area contributed by atoms with Gasteiger partial charge in [0, 0.05) is 18.2 Å². The van der Waals surface area contributed by atoms with Crippen molar-refractivity contribution in [2.45, 2.75) is 39.2 Å². The molecule has 0 saturated carbocycles. The van der Waals surface area contributed by atoms with E-state index in [-0.39, 0.29) is 5.41 Å². The summed E-state index contributed by atoms with van der Waals surface area (Å²) in [7, 11) is 0. The zero-order valence-corrected chi connectivity index (χ0v) is 12.1. The van der Waals surface area contributed by atoms with Crippen LogP contribution in [0.25, 0.3) is 0 Å². The van der Waals surface area contributed by atoms with E-state index >= 15 is 0 Å². The van der Waals surface area contributed by atoms with Crippen molar-refractivity contribution in [2.24, 2.45) is 0 Å². The largest absolute Gasteiger partial charge is 0.478 e. The number of benzene rings is 1. The second kappa shape index (κ2) is 5.49. The molecule has 106 valence electrons. The minimum absolute atomic E-state index is 0.0639. The van der Waals surface area contributed by atoms with Crippen LogP contribution in [-0.2, 0) is 18.4 Å². The molecule has 0 atom stereocenters. The third-order valence-corrected chi connectivity index (χ3v) is 3.26. The molecule has 0 aliphatic heterocycles. The molecule has 2 rings (SSSR count). The molecule has 0 saturated heterocycles. The van der Waals surface area contributed by atoms with Crippen LogP contribution in [0.3, 0.4) is 0 Å². The summed E-state index contributed by atoms with van der Waals surface area (Å²) in [5.41, 5.74) is 2.60. The van der Waals surface area contributed by atoms with Crippen LogP contribution in [0.15, 0.2) is 36.8 Å². The molecule has 0 aliphatic carbocycles. The van der Waals surface area contributed by atoms with Gasteiger partial charge in [0.25, 0.3) is 0 Å². The predicted molar refractivity (Wildman–Crippen MR) is 78.0 cm³/mol. The number of nitrogens with zero attached hydrogens (tertiary/aromatic N) is 2. The Labute approximate surface area is 119 Å². The van der Waals surface area contributed by atoms with Crippen molar-refractivity contribution < 1.29 is 9.90 Å². The highest BCUT2D eigenvalue weighted by Gasteiger charge is 2.16. The lowest BCUT2D eigenvalue weighted by Gasteiger charge is -2.14. The second-order valence-electron chi connectivity index (χ2n) is 6.00. The normalized spacial score (nSPS) is 11.6. The Morgan fingerprint density at radius 3 is 2.40 bits per heavy atom. The molecule has 0 spiro atoms. The van der Waals surface area contributed by atoms with E-state index in [1.165, 1.54) is 0 Å². The zero-order valence-electron chi connectivity index (χ0n) is 12.1. The smallest absolute Gasteiger partial charge is 0.335 e. The summed E-state index contributed by atoms with van der Waals surface area (Å²) in [6.07, 6.45) is 4.79. The average molecular weight is 272 g/mol. The SMILES string of the molecule is CC(C)(C)c1cn(CCc2ccc(C(=O)O)cc2)cn1. The van der Waals surface area contributed by atoms with Crippen molar-refractivity contribution >= 4 is 5.97 Å². The minimum Gasteiger partial charge on any atom is -0.478 e. The molecule has 1 aromatic carbocycles. The highest BCUT2D eigenvalue weighted by atomic mass is 16.4. The van der Waals surface area contributed by atoms with Crippen molar-refractivity contribution in [2.75, 3.05) is 0 Å². The van der Waals surface area contributed by atoms with Gasteiger partial charge in [0.05, 0.1) is 17.6 Å². The van der Waals surface area contributed by atoms with Crippen LogP contribution in [0.5, 0.6) is 0 Å². The average Bonchev–Trinajstić information content (AvgIpc) is 2.85. The van der Waals surface area contributed by atoms with Gasteiger partial charge in [-0.3, -0.25) is 0 Å². The molecule has 4 nitrogen and oxygen atoms in total. The Kier molecular flexibility index (Phi) is 3.93.